The van der Waals surface area contributed by atoms with Crippen LogP contribution in [0.25, 0.3) is 0 Å². The minimum absolute atomic E-state index is 0.135. The summed E-state index contributed by atoms with van der Waals surface area (Å²) in [6, 6.07) is 1.37. The van der Waals surface area contributed by atoms with E-state index in [0.29, 0.717) is 10.4 Å². The summed E-state index contributed by atoms with van der Waals surface area (Å²) in [6.07, 6.45) is 0. The van der Waals surface area contributed by atoms with Crippen LogP contribution in [0.4, 0.5) is 14.5 Å². The van der Waals surface area contributed by atoms with Crippen molar-refractivity contribution in [3.63, 3.8) is 0 Å². The Hall–Kier alpha value is -2.12. The average molecular weight is 319 g/mol. The Labute approximate surface area is 119 Å². The van der Waals surface area contributed by atoms with Gasteiger partial charge in [0.25, 0.3) is 0 Å². The van der Waals surface area contributed by atoms with Crippen LogP contribution in [0.3, 0.4) is 0 Å². The summed E-state index contributed by atoms with van der Waals surface area (Å²) in [5.41, 5.74) is -1.16. The number of nitrogens with zero attached hydrogens (tertiary/aromatic N) is 3. The average Bonchev–Trinajstić information content (AvgIpc) is 2.34. The summed E-state index contributed by atoms with van der Waals surface area (Å²) >= 11 is 0. The van der Waals surface area contributed by atoms with Crippen LogP contribution in [0.5, 0.6) is 0 Å². The van der Waals surface area contributed by atoms with E-state index < -0.39 is 49.8 Å². The Bertz CT molecular complexity index is 713. The maximum absolute atomic E-state index is 13.7. The van der Waals surface area contributed by atoms with E-state index in [1.165, 1.54) is 13.8 Å². The van der Waals surface area contributed by atoms with E-state index in [2.05, 4.69) is 0 Å². The molecule has 1 rings (SSSR count). The van der Waals surface area contributed by atoms with Crippen LogP contribution in [-0.4, -0.2) is 30.2 Å². The van der Waals surface area contributed by atoms with Gasteiger partial charge in [0.1, 0.15) is 17.3 Å². The molecule has 7 nitrogen and oxygen atoms in total. The van der Waals surface area contributed by atoms with Crippen molar-refractivity contribution in [2.45, 2.75) is 24.8 Å². The number of hydrogen-bond donors (Lipinski definition) is 0. The van der Waals surface area contributed by atoms with Gasteiger partial charge in [0.2, 0.25) is 15.8 Å². The molecular formula is C11H11F2N3O4S. The molecule has 1 aromatic carbocycles. The van der Waals surface area contributed by atoms with Gasteiger partial charge in [-0.15, -0.1) is 0 Å². The second-order valence-electron chi connectivity index (χ2n) is 4.29. The first-order valence-corrected chi connectivity index (χ1v) is 7.09. The first-order valence-electron chi connectivity index (χ1n) is 5.65. The molecule has 0 saturated carbocycles. The maximum Gasteiger partial charge on any atom is 0.306 e. The third-order valence-corrected chi connectivity index (χ3v) is 4.62. The molecule has 0 bridgehead atoms. The Morgan fingerprint density at radius 2 is 1.95 bits per heavy atom. The molecule has 10 heteroatoms. The smallest absolute Gasteiger partial charge is 0.258 e. The molecule has 0 fully saturated rings. The van der Waals surface area contributed by atoms with Gasteiger partial charge in [-0.3, -0.25) is 10.1 Å². The Morgan fingerprint density at radius 1 is 1.38 bits per heavy atom. The van der Waals surface area contributed by atoms with E-state index in [9.17, 15) is 27.3 Å². The minimum atomic E-state index is -4.50. The summed E-state index contributed by atoms with van der Waals surface area (Å²) in [4.78, 5) is 8.43. The quantitative estimate of drug-likeness (QED) is 0.467. The number of halogens is 2. The van der Waals surface area contributed by atoms with Gasteiger partial charge in [-0.2, -0.15) is 14.0 Å². The second-order valence-corrected chi connectivity index (χ2v) is 6.15. The lowest BCUT2D eigenvalue weighted by molar-refractivity contribution is -0.387. The van der Waals surface area contributed by atoms with Gasteiger partial charge >= 0.3 is 5.69 Å². The molecule has 21 heavy (non-hydrogen) atoms. The van der Waals surface area contributed by atoms with Crippen molar-refractivity contribution in [3.05, 3.63) is 33.9 Å². The highest BCUT2D eigenvalue weighted by atomic mass is 32.2. The molecule has 0 unspecified atom stereocenters. The first kappa shape index (κ1) is 16.9. The molecule has 0 aliphatic carbocycles. The van der Waals surface area contributed by atoms with E-state index in [-0.39, 0.29) is 6.07 Å². The van der Waals surface area contributed by atoms with Crippen LogP contribution in [-0.2, 0) is 10.0 Å². The van der Waals surface area contributed by atoms with Gasteiger partial charge in [0.15, 0.2) is 0 Å². The lowest BCUT2D eigenvalue weighted by Crippen LogP contribution is -2.37. The molecule has 0 atom stereocenters. The van der Waals surface area contributed by atoms with Crippen molar-refractivity contribution in [1.29, 1.82) is 5.26 Å². The molecule has 0 N–H and O–H groups in total. The summed E-state index contributed by atoms with van der Waals surface area (Å²) in [5.74, 6) is -2.94. The van der Waals surface area contributed by atoms with Crippen LogP contribution < -0.4 is 0 Å². The standard InChI is InChI=1S/C11H11F2N3O4S/c1-7(2)15(4-3-14)21(19,20)11-6-10(16(17)18)8(12)5-9(11)13/h5-7H,4H2,1-2H3. The Morgan fingerprint density at radius 3 is 2.38 bits per heavy atom. The molecule has 0 radical (unpaired) electrons. The van der Waals surface area contributed by atoms with Crippen molar-refractivity contribution < 1.29 is 22.1 Å². The topological polar surface area (TPSA) is 104 Å². The summed E-state index contributed by atoms with van der Waals surface area (Å²) in [5, 5.41) is 19.3. The van der Waals surface area contributed by atoms with Crippen molar-refractivity contribution in [1.82, 2.24) is 4.31 Å². The molecular weight excluding hydrogens is 308 g/mol. The van der Waals surface area contributed by atoms with Crippen molar-refractivity contribution in [3.8, 4) is 6.07 Å². The van der Waals surface area contributed by atoms with Crippen LogP contribution in [0.2, 0.25) is 0 Å². The van der Waals surface area contributed by atoms with Gasteiger partial charge in [-0.25, -0.2) is 12.8 Å². The fraction of sp³-hybridized carbons (Fsp3) is 0.364. The first-order chi connectivity index (χ1) is 9.62. The fourth-order valence-electron chi connectivity index (χ4n) is 1.60. The maximum atomic E-state index is 13.7. The third-order valence-electron chi connectivity index (χ3n) is 2.59. The Kier molecular flexibility index (Phi) is 4.93. The third kappa shape index (κ3) is 3.32. The molecule has 0 saturated heterocycles. The van der Waals surface area contributed by atoms with Crippen molar-refractivity contribution in [2.75, 3.05) is 6.54 Å². The predicted octanol–water partition coefficient (Wildman–Crippen LogP) is 1.80. The van der Waals surface area contributed by atoms with Crippen molar-refractivity contribution in [2.24, 2.45) is 0 Å². The zero-order chi connectivity index (χ0) is 16.4. The van der Waals surface area contributed by atoms with Gasteiger partial charge in [0, 0.05) is 18.2 Å². The van der Waals surface area contributed by atoms with E-state index in [4.69, 9.17) is 5.26 Å². The van der Waals surface area contributed by atoms with Crippen LogP contribution in [0.1, 0.15) is 13.8 Å². The van der Waals surface area contributed by atoms with Crippen LogP contribution in [0, 0.1) is 33.1 Å². The number of sulfonamides is 1. The lowest BCUT2D eigenvalue weighted by atomic mass is 10.3. The van der Waals surface area contributed by atoms with Gasteiger partial charge in [-0.1, -0.05) is 0 Å². The number of nitro groups is 1. The van der Waals surface area contributed by atoms with Crippen LogP contribution in [0.15, 0.2) is 17.0 Å². The summed E-state index contributed by atoms with van der Waals surface area (Å²) in [7, 11) is -4.50. The molecule has 0 amide bonds. The van der Waals surface area contributed by atoms with E-state index in [0.717, 1.165) is 0 Å². The van der Waals surface area contributed by atoms with E-state index in [1.807, 2.05) is 0 Å². The molecule has 0 aliphatic heterocycles. The van der Waals surface area contributed by atoms with Gasteiger partial charge < -0.3 is 0 Å². The number of hydrogen-bond acceptors (Lipinski definition) is 5. The molecule has 0 spiro atoms. The highest BCUT2D eigenvalue weighted by molar-refractivity contribution is 7.89. The van der Waals surface area contributed by atoms with Crippen LogP contribution >= 0.6 is 0 Å². The summed E-state index contributed by atoms with van der Waals surface area (Å²) < 4.78 is 52.1. The number of nitriles is 1. The van der Waals surface area contributed by atoms with Gasteiger partial charge in [-0.05, 0) is 13.8 Å². The molecule has 0 aliphatic rings. The normalized spacial score (nSPS) is 11.7. The molecule has 0 heterocycles. The SMILES string of the molecule is CC(C)N(CC#N)S(=O)(=O)c1cc([N+](=O)[O-])c(F)cc1F. The lowest BCUT2D eigenvalue weighted by Gasteiger charge is -2.23. The number of rotatable bonds is 5. The summed E-state index contributed by atoms with van der Waals surface area (Å²) in [6.45, 7) is 2.33. The highest BCUT2D eigenvalue weighted by Gasteiger charge is 2.32. The monoisotopic (exact) mass is 319 g/mol. The highest BCUT2D eigenvalue weighted by Crippen LogP contribution is 2.27. The Balaban J connectivity index is 3.54. The largest absolute Gasteiger partial charge is 0.306 e. The molecule has 0 aromatic heterocycles. The van der Waals surface area contributed by atoms with E-state index >= 15 is 0 Å². The van der Waals surface area contributed by atoms with E-state index in [1.54, 1.807) is 6.07 Å². The zero-order valence-electron chi connectivity index (χ0n) is 11.1. The second kappa shape index (κ2) is 6.11. The molecule has 1 aromatic rings. The fourth-order valence-corrected chi connectivity index (χ4v) is 3.20. The molecule has 114 valence electrons. The minimum Gasteiger partial charge on any atom is -0.258 e. The number of nitro benzene ring substituents is 1. The predicted molar refractivity (Wildman–Crippen MR) is 67.7 cm³/mol. The van der Waals surface area contributed by atoms with Crippen molar-refractivity contribution >= 4 is 15.7 Å². The number of benzene rings is 1. The van der Waals surface area contributed by atoms with Gasteiger partial charge in [0.05, 0.1) is 11.0 Å². The zero-order valence-corrected chi connectivity index (χ0v) is 11.9.